The molecule has 2 saturated carbocycles. The van der Waals surface area contributed by atoms with E-state index in [9.17, 15) is 14.7 Å². The summed E-state index contributed by atoms with van der Waals surface area (Å²) in [4.78, 5) is 25.9. The fourth-order valence-corrected chi connectivity index (χ4v) is 3.26. The Bertz CT molecular complexity index is 1040. The van der Waals surface area contributed by atoms with E-state index < -0.39 is 17.3 Å². The lowest BCUT2D eigenvalue weighted by atomic mass is 9.96. The van der Waals surface area contributed by atoms with E-state index in [0.717, 1.165) is 25.7 Å². The number of carbonyl (C=O) groups excluding carboxylic acids is 1. The number of fused-ring (bicyclic) bond motifs is 1. The Morgan fingerprint density at radius 1 is 1.31 bits per heavy atom. The summed E-state index contributed by atoms with van der Waals surface area (Å²) in [5.74, 6) is -0.303. The third kappa shape index (κ3) is 4.27. The summed E-state index contributed by atoms with van der Waals surface area (Å²) in [5, 5.41) is 17.7. The van der Waals surface area contributed by atoms with Crippen LogP contribution in [0, 0.1) is 11.3 Å². The van der Waals surface area contributed by atoms with Crippen LogP contribution in [-0.2, 0) is 6.54 Å². The van der Waals surface area contributed by atoms with Crippen molar-refractivity contribution in [1.82, 2.24) is 19.5 Å². The van der Waals surface area contributed by atoms with Gasteiger partial charge >= 0.3 is 0 Å². The van der Waals surface area contributed by atoms with Crippen LogP contribution in [0.25, 0.3) is 11.7 Å². The highest BCUT2D eigenvalue weighted by molar-refractivity contribution is 5.97. The lowest BCUT2D eigenvalue weighted by Gasteiger charge is -2.22. The molecule has 8 nitrogen and oxygen atoms in total. The average Bonchev–Trinajstić information content (AvgIpc) is 3.50. The fourth-order valence-electron chi connectivity index (χ4n) is 3.26. The van der Waals surface area contributed by atoms with Crippen LogP contribution in [0.15, 0.2) is 10.9 Å². The summed E-state index contributed by atoms with van der Waals surface area (Å²) in [7, 11) is 0. The molecule has 4 N–H and O–H groups in total. The Morgan fingerprint density at radius 3 is 2.52 bits per heavy atom. The van der Waals surface area contributed by atoms with E-state index in [2.05, 4.69) is 16.5 Å². The van der Waals surface area contributed by atoms with Crippen molar-refractivity contribution < 1.29 is 9.90 Å². The highest BCUT2D eigenvalue weighted by Gasteiger charge is 2.31. The maximum Gasteiger partial charge on any atom is 0.270 e. The van der Waals surface area contributed by atoms with E-state index in [1.54, 1.807) is 0 Å². The molecule has 158 valence electrons. The lowest BCUT2D eigenvalue weighted by molar-refractivity contribution is 0.0944. The minimum atomic E-state index is -0.571. The van der Waals surface area contributed by atoms with E-state index in [-0.39, 0.29) is 35.2 Å². The van der Waals surface area contributed by atoms with Crippen molar-refractivity contribution in [1.29, 1.82) is 0 Å². The number of nitrogens with zero attached hydrogens (tertiary/aromatic N) is 3. The summed E-state index contributed by atoms with van der Waals surface area (Å²) >= 11 is 0. The summed E-state index contributed by atoms with van der Waals surface area (Å²) < 4.78 is 2.73. The van der Waals surface area contributed by atoms with E-state index >= 15 is 0 Å². The predicted molar refractivity (Wildman–Crippen MR) is 114 cm³/mol. The van der Waals surface area contributed by atoms with Crippen LogP contribution in [0.4, 0.5) is 5.82 Å². The van der Waals surface area contributed by atoms with E-state index in [0.29, 0.717) is 23.7 Å². The third-order valence-corrected chi connectivity index (χ3v) is 4.99. The lowest BCUT2D eigenvalue weighted by Crippen LogP contribution is -2.37. The number of carbonyl (C=O) groups is 1. The van der Waals surface area contributed by atoms with Crippen molar-refractivity contribution in [3.8, 4) is 5.88 Å². The highest BCUT2D eigenvalue weighted by Crippen LogP contribution is 2.33. The SMILES string of the molecule is CC(C)(C)Cn1c(=O)c(C(=O)NC2CC2)c(O)n2nc(N)c(/C=C/C3CC3)c12.Cl. The Balaban J connectivity index is 0.00000240. The fraction of sp³-hybridized carbons (Fsp3) is 0.550. The van der Waals surface area contributed by atoms with Gasteiger partial charge in [-0.1, -0.05) is 32.9 Å². The largest absolute Gasteiger partial charge is 0.492 e. The number of nitrogens with one attached hydrogen (secondary N) is 1. The topological polar surface area (TPSA) is 115 Å². The second-order valence-electron chi connectivity index (χ2n) is 9.13. The van der Waals surface area contributed by atoms with Crippen molar-refractivity contribution in [3.63, 3.8) is 0 Å². The number of rotatable bonds is 5. The van der Waals surface area contributed by atoms with Gasteiger partial charge in [-0.15, -0.1) is 17.5 Å². The molecule has 29 heavy (non-hydrogen) atoms. The monoisotopic (exact) mass is 421 g/mol. The molecule has 2 heterocycles. The molecule has 0 unspecified atom stereocenters. The molecule has 2 aromatic heterocycles. The Morgan fingerprint density at radius 2 is 1.97 bits per heavy atom. The minimum Gasteiger partial charge on any atom is -0.492 e. The van der Waals surface area contributed by atoms with Crippen molar-refractivity contribution in [2.75, 3.05) is 5.73 Å². The summed E-state index contributed by atoms with van der Waals surface area (Å²) in [6, 6.07) is 0.0674. The molecule has 0 aromatic carbocycles. The molecular weight excluding hydrogens is 394 g/mol. The van der Waals surface area contributed by atoms with Crippen molar-refractivity contribution in [2.45, 2.75) is 59.0 Å². The number of nitrogen functional groups attached to an aromatic ring is 1. The van der Waals surface area contributed by atoms with Crippen molar-refractivity contribution >= 4 is 35.9 Å². The van der Waals surface area contributed by atoms with Gasteiger partial charge in [0.2, 0.25) is 5.88 Å². The standard InChI is InChI=1S/C20H27N5O3.ClH/c1-20(2,3)10-24-17-13(9-6-11-4-5-11)15(21)23-25(17)19(28)14(18(24)27)16(26)22-12-7-8-12;/h6,9,11-12,28H,4-5,7-8,10H2,1-3H3,(H2,21,23)(H,22,26);1H/b9-6+;. The zero-order valence-corrected chi connectivity index (χ0v) is 17.8. The Labute approximate surface area is 175 Å². The highest BCUT2D eigenvalue weighted by atomic mass is 35.5. The van der Waals surface area contributed by atoms with Crippen molar-refractivity contribution in [3.05, 3.63) is 27.6 Å². The van der Waals surface area contributed by atoms with E-state index in [4.69, 9.17) is 5.73 Å². The van der Waals surface area contributed by atoms with Gasteiger partial charge in [-0.2, -0.15) is 4.52 Å². The van der Waals surface area contributed by atoms with Crippen LogP contribution in [-0.4, -0.2) is 31.2 Å². The van der Waals surface area contributed by atoms with Gasteiger partial charge in [0.15, 0.2) is 17.0 Å². The summed E-state index contributed by atoms with van der Waals surface area (Å²) in [5.41, 5.74) is 6.07. The molecule has 0 bridgehead atoms. The quantitative estimate of drug-likeness (QED) is 0.686. The molecule has 1 amide bonds. The van der Waals surface area contributed by atoms with Gasteiger partial charge in [0.05, 0.1) is 5.56 Å². The molecule has 0 radical (unpaired) electrons. The van der Waals surface area contributed by atoms with Gasteiger partial charge in [0.25, 0.3) is 11.5 Å². The number of nitrogens with two attached hydrogens (primary N) is 1. The summed E-state index contributed by atoms with van der Waals surface area (Å²) in [6.45, 7) is 6.37. The number of aromatic nitrogens is 3. The second-order valence-corrected chi connectivity index (χ2v) is 9.13. The molecule has 2 aliphatic rings. The van der Waals surface area contributed by atoms with Crippen LogP contribution >= 0.6 is 12.4 Å². The molecule has 2 aliphatic carbocycles. The minimum absolute atomic E-state index is 0. The van der Waals surface area contributed by atoms with Crippen molar-refractivity contribution in [2.24, 2.45) is 11.3 Å². The first kappa shape index (κ1) is 21.2. The molecule has 0 aliphatic heterocycles. The first-order chi connectivity index (χ1) is 13.2. The van der Waals surface area contributed by atoms with Crippen LogP contribution in [0.5, 0.6) is 5.88 Å². The molecule has 0 atom stereocenters. The molecule has 2 fully saturated rings. The molecule has 2 aromatic rings. The number of amides is 1. The van der Waals surface area contributed by atoms with Gasteiger partial charge in [-0.25, -0.2) is 0 Å². The number of hydrogen-bond donors (Lipinski definition) is 3. The molecule has 0 spiro atoms. The molecular formula is C20H28ClN5O3. The van der Waals surface area contributed by atoms with E-state index in [1.807, 2.05) is 26.8 Å². The first-order valence-corrected chi connectivity index (χ1v) is 9.79. The number of halogens is 1. The summed E-state index contributed by atoms with van der Waals surface area (Å²) in [6.07, 6.45) is 7.98. The van der Waals surface area contributed by atoms with Gasteiger partial charge in [-0.05, 0) is 37.0 Å². The molecule has 9 heteroatoms. The van der Waals surface area contributed by atoms with Crippen LogP contribution in [0.3, 0.4) is 0 Å². The smallest absolute Gasteiger partial charge is 0.270 e. The molecule has 4 rings (SSSR count). The van der Waals surface area contributed by atoms with Gasteiger partial charge in [-0.3, -0.25) is 14.2 Å². The average molecular weight is 422 g/mol. The zero-order valence-electron chi connectivity index (χ0n) is 16.9. The van der Waals surface area contributed by atoms with Gasteiger partial charge in [0.1, 0.15) is 0 Å². The van der Waals surface area contributed by atoms with Crippen LogP contribution in [0.1, 0.15) is 62.4 Å². The van der Waals surface area contributed by atoms with E-state index in [1.165, 1.54) is 9.08 Å². The number of allylic oxidation sites excluding steroid dienone is 1. The second kappa shape index (κ2) is 7.40. The predicted octanol–water partition coefficient (Wildman–Crippen LogP) is 2.57. The number of hydrogen-bond acceptors (Lipinski definition) is 5. The van der Waals surface area contributed by atoms with Crippen LogP contribution < -0.4 is 16.6 Å². The number of aromatic hydroxyl groups is 1. The maximum atomic E-state index is 13.3. The Kier molecular flexibility index (Phi) is 5.42. The first-order valence-electron chi connectivity index (χ1n) is 9.79. The maximum absolute atomic E-state index is 13.3. The Hall–Kier alpha value is -2.48. The zero-order chi connectivity index (χ0) is 20.2. The third-order valence-electron chi connectivity index (χ3n) is 4.99. The van der Waals surface area contributed by atoms with Gasteiger partial charge < -0.3 is 16.2 Å². The van der Waals surface area contributed by atoms with Gasteiger partial charge in [0, 0.05) is 12.6 Å². The van der Waals surface area contributed by atoms with Crippen LogP contribution in [0.2, 0.25) is 0 Å². The number of anilines is 1. The normalized spacial score (nSPS) is 16.9. The molecule has 0 saturated heterocycles.